The number of aromatic nitrogens is 5. The Bertz CT molecular complexity index is 1860. The zero-order valence-electron chi connectivity index (χ0n) is 21.5. The van der Waals surface area contributed by atoms with Crippen LogP contribution >= 0.6 is 0 Å². The number of fused-ring (bicyclic) bond motifs is 1. The molecule has 0 N–H and O–H groups in total. The minimum absolute atomic E-state index is 0.636. The summed E-state index contributed by atoms with van der Waals surface area (Å²) >= 11 is 0. The lowest BCUT2D eigenvalue weighted by molar-refractivity contribution is 1.08. The monoisotopic (exact) mass is 513 g/mol. The molecule has 0 fully saturated rings. The molecule has 0 saturated carbocycles. The Morgan fingerprint density at radius 3 is 1.55 bits per heavy atom. The maximum atomic E-state index is 4.95. The summed E-state index contributed by atoms with van der Waals surface area (Å²) in [6, 6.07) is 40.8. The lowest BCUT2D eigenvalue weighted by Gasteiger charge is -2.12. The van der Waals surface area contributed by atoms with Crippen LogP contribution < -0.4 is 0 Å². The van der Waals surface area contributed by atoms with E-state index in [0.29, 0.717) is 17.5 Å². The van der Waals surface area contributed by atoms with Gasteiger partial charge in [-0.25, -0.2) is 15.0 Å². The fourth-order valence-electron chi connectivity index (χ4n) is 4.93. The Morgan fingerprint density at radius 2 is 0.950 bits per heavy atom. The third-order valence-corrected chi connectivity index (χ3v) is 6.92. The molecule has 0 atom stereocenters. The van der Waals surface area contributed by atoms with Crippen LogP contribution in [0.5, 0.6) is 0 Å². The first kappa shape index (κ1) is 23.6. The lowest BCUT2D eigenvalue weighted by Crippen LogP contribution is -2.00. The fraction of sp³-hybridized carbons (Fsp3) is 0. The highest BCUT2D eigenvalue weighted by Gasteiger charge is 2.15. The first-order valence-corrected chi connectivity index (χ1v) is 13.1. The van der Waals surface area contributed by atoms with Gasteiger partial charge in [0, 0.05) is 46.4 Å². The van der Waals surface area contributed by atoms with E-state index in [1.54, 1.807) is 12.4 Å². The first-order valence-electron chi connectivity index (χ1n) is 13.1. The molecule has 188 valence electrons. The molecule has 0 spiro atoms. The van der Waals surface area contributed by atoms with E-state index in [0.717, 1.165) is 49.8 Å². The maximum absolute atomic E-state index is 4.95. The van der Waals surface area contributed by atoms with E-state index < -0.39 is 0 Å². The van der Waals surface area contributed by atoms with E-state index in [1.807, 2.05) is 79.0 Å². The van der Waals surface area contributed by atoms with Gasteiger partial charge in [0.1, 0.15) is 0 Å². The minimum Gasteiger partial charge on any atom is -0.265 e. The summed E-state index contributed by atoms with van der Waals surface area (Å²) in [6.07, 6.45) is 5.50. The molecule has 7 aromatic rings. The molecule has 0 amide bonds. The van der Waals surface area contributed by atoms with E-state index in [2.05, 4.69) is 53.5 Å². The van der Waals surface area contributed by atoms with Crippen molar-refractivity contribution >= 4 is 10.8 Å². The largest absolute Gasteiger partial charge is 0.265 e. The van der Waals surface area contributed by atoms with Crippen molar-refractivity contribution in [3.8, 4) is 56.5 Å². The Kier molecular flexibility index (Phi) is 6.07. The number of pyridine rings is 2. The number of benzene rings is 4. The second-order valence-corrected chi connectivity index (χ2v) is 9.41. The molecule has 3 heterocycles. The third-order valence-electron chi connectivity index (χ3n) is 6.92. The fourth-order valence-corrected chi connectivity index (χ4v) is 4.93. The molecule has 0 aliphatic rings. The first-order chi connectivity index (χ1) is 19.8. The van der Waals surface area contributed by atoms with E-state index in [-0.39, 0.29) is 0 Å². The molecule has 3 aromatic heterocycles. The van der Waals surface area contributed by atoms with Crippen LogP contribution in [0.2, 0.25) is 0 Å². The van der Waals surface area contributed by atoms with Crippen molar-refractivity contribution in [1.29, 1.82) is 0 Å². The molecule has 0 aliphatic carbocycles. The van der Waals surface area contributed by atoms with E-state index in [9.17, 15) is 0 Å². The summed E-state index contributed by atoms with van der Waals surface area (Å²) < 4.78 is 0. The van der Waals surface area contributed by atoms with Gasteiger partial charge < -0.3 is 0 Å². The number of hydrogen-bond donors (Lipinski definition) is 0. The molecule has 5 heteroatoms. The van der Waals surface area contributed by atoms with Gasteiger partial charge in [-0.1, -0.05) is 103 Å². The molecule has 5 nitrogen and oxygen atoms in total. The normalized spacial score (nSPS) is 11.0. The van der Waals surface area contributed by atoms with Crippen LogP contribution in [-0.4, -0.2) is 24.9 Å². The van der Waals surface area contributed by atoms with Gasteiger partial charge in [-0.15, -0.1) is 0 Å². The van der Waals surface area contributed by atoms with Gasteiger partial charge >= 0.3 is 0 Å². The van der Waals surface area contributed by atoms with Crippen LogP contribution in [-0.2, 0) is 0 Å². The Labute approximate surface area is 231 Å². The second-order valence-electron chi connectivity index (χ2n) is 9.41. The quantitative estimate of drug-likeness (QED) is 0.232. The van der Waals surface area contributed by atoms with Gasteiger partial charge in [0.15, 0.2) is 17.5 Å². The average Bonchev–Trinajstić information content (AvgIpc) is 3.05. The van der Waals surface area contributed by atoms with Crippen molar-refractivity contribution in [2.75, 3.05) is 0 Å². The molecule has 0 saturated heterocycles. The summed E-state index contributed by atoms with van der Waals surface area (Å²) in [6.45, 7) is 0. The number of hydrogen-bond acceptors (Lipinski definition) is 5. The summed E-state index contributed by atoms with van der Waals surface area (Å²) in [7, 11) is 0. The predicted molar refractivity (Wildman–Crippen MR) is 160 cm³/mol. The smallest absolute Gasteiger partial charge is 0.164 e. The van der Waals surface area contributed by atoms with Gasteiger partial charge in [0.2, 0.25) is 0 Å². The standard InChI is InChI=1S/C35H23N5/c1-3-9-25(10-4-1)33-38-34(26-11-5-2-6-12-26)40-35(39-33)31-16-8-13-28-29(31)14-7-15-30(28)32-18-17-27(23-37-32)24-19-21-36-22-20-24/h1-23H. The molecule has 0 unspecified atom stereocenters. The molecular weight excluding hydrogens is 490 g/mol. The Hall–Kier alpha value is -5.55. The lowest BCUT2D eigenvalue weighted by atomic mass is 9.97. The predicted octanol–water partition coefficient (Wildman–Crippen LogP) is 8.15. The maximum Gasteiger partial charge on any atom is 0.164 e. The zero-order chi connectivity index (χ0) is 26.7. The van der Waals surface area contributed by atoms with Crippen molar-refractivity contribution < 1.29 is 0 Å². The van der Waals surface area contributed by atoms with Crippen molar-refractivity contribution in [2.45, 2.75) is 0 Å². The molecule has 40 heavy (non-hydrogen) atoms. The van der Waals surface area contributed by atoms with E-state index in [1.165, 1.54) is 0 Å². The zero-order valence-corrected chi connectivity index (χ0v) is 21.5. The van der Waals surface area contributed by atoms with Gasteiger partial charge in [-0.05, 0) is 34.5 Å². The highest BCUT2D eigenvalue weighted by atomic mass is 15.0. The van der Waals surface area contributed by atoms with Crippen molar-refractivity contribution in [2.24, 2.45) is 0 Å². The highest BCUT2D eigenvalue weighted by molar-refractivity contribution is 6.03. The summed E-state index contributed by atoms with van der Waals surface area (Å²) in [4.78, 5) is 23.7. The van der Waals surface area contributed by atoms with Crippen LogP contribution in [0.3, 0.4) is 0 Å². The van der Waals surface area contributed by atoms with Gasteiger partial charge in [0.25, 0.3) is 0 Å². The Morgan fingerprint density at radius 1 is 0.375 bits per heavy atom. The molecule has 7 rings (SSSR count). The third kappa shape index (κ3) is 4.50. The second kappa shape index (κ2) is 10.3. The molecule has 0 radical (unpaired) electrons. The van der Waals surface area contributed by atoms with Gasteiger partial charge in [0.05, 0.1) is 5.69 Å². The molecule has 4 aromatic carbocycles. The van der Waals surface area contributed by atoms with Gasteiger partial charge in [-0.2, -0.15) is 0 Å². The van der Waals surface area contributed by atoms with Crippen molar-refractivity contribution in [3.63, 3.8) is 0 Å². The summed E-state index contributed by atoms with van der Waals surface area (Å²) in [5.41, 5.74) is 6.95. The summed E-state index contributed by atoms with van der Waals surface area (Å²) in [5, 5.41) is 2.15. The van der Waals surface area contributed by atoms with Crippen LogP contribution in [0.4, 0.5) is 0 Å². The van der Waals surface area contributed by atoms with Crippen LogP contribution in [0.25, 0.3) is 67.3 Å². The van der Waals surface area contributed by atoms with Crippen LogP contribution in [0, 0.1) is 0 Å². The molecular formula is C35H23N5. The van der Waals surface area contributed by atoms with Gasteiger partial charge in [-0.3, -0.25) is 9.97 Å². The highest BCUT2D eigenvalue weighted by Crippen LogP contribution is 2.34. The van der Waals surface area contributed by atoms with Crippen LogP contribution in [0.15, 0.2) is 140 Å². The van der Waals surface area contributed by atoms with Crippen LogP contribution in [0.1, 0.15) is 0 Å². The number of rotatable bonds is 5. The minimum atomic E-state index is 0.636. The topological polar surface area (TPSA) is 64.5 Å². The Balaban J connectivity index is 1.37. The average molecular weight is 514 g/mol. The summed E-state index contributed by atoms with van der Waals surface area (Å²) in [5.74, 6) is 1.92. The number of nitrogens with zero attached hydrogens (tertiary/aromatic N) is 5. The SMILES string of the molecule is c1ccc(-c2nc(-c3ccccc3)nc(-c3cccc4c(-c5ccc(-c6ccncc6)cn5)cccc34)n2)cc1. The van der Waals surface area contributed by atoms with Crippen molar-refractivity contribution in [3.05, 3.63) is 140 Å². The molecule has 0 bridgehead atoms. The molecule has 0 aliphatic heterocycles. The van der Waals surface area contributed by atoms with E-state index >= 15 is 0 Å². The van der Waals surface area contributed by atoms with Crippen molar-refractivity contribution in [1.82, 2.24) is 24.9 Å². The van der Waals surface area contributed by atoms with E-state index in [4.69, 9.17) is 19.9 Å².